The first-order valence-electron chi connectivity index (χ1n) is 10.0. The smallest absolute Gasteiger partial charge is 0.226 e. The van der Waals surface area contributed by atoms with Crippen LogP contribution in [0, 0.1) is 5.92 Å². The summed E-state index contributed by atoms with van der Waals surface area (Å²) >= 11 is 0. The highest BCUT2D eigenvalue weighted by molar-refractivity contribution is 5.85. The number of nitrogens with zero attached hydrogens (tertiary/aromatic N) is 1. The normalized spacial score (nSPS) is 24.5. The average molecular weight is 377 g/mol. The quantitative estimate of drug-likeness (QED) is 0.805. The van der Waals surface area contributed by atoms with Crippen LogP contribution in [0.2, 0.25) is 0 Å². The number of benzene rings is 2. The van der Waals surface area contributed by atoms with Crippen LogP contribution in [0.1, 0.15) is 54.5 Å². The Balaban J connectivity index is 1.58. The second-order valence-corrected chi connectivity index (χ2v) is 7.92. The fraction of sp³-hybridized carbons (Fsp3) is 0.391. The van der Waals surface area contributed by atoms with Gasteiger partial charge in [-0.15, -0.1) is 0 Å². The van der Waals surface area contributed by atoms with Gasteiger partial charge in [-0.25, -0.2) is 0 Å². The number of carbonyl (C=O) groups excluding carboxylic acids is 2. The second kappa shape index (κ2) is 7.66. The molecule has 2 aromatic rings. The topological polar surface area (TPSA) is 75.4 Å². The molecule has 2 amide bonds. The van der Waals surface area contributed by atoms with Crippen LogP contribution in [0.15, 0.2) is 48.5 Å². The van der Waals surface area contributed by atoms with Crippen molar-refractivity contribution in [3.8, 4) is 0 Å². The van der Waals surface area contributed by atoms with E-state index in [1.807, 2.05) is 48.5 Å². The summed E-state index contributed by atoms with van der Waals surface area (Å²) in [5.41, 5.74) is 10.1. The Morgan fingerprint density at radius 2 is 1.89 bits per heavy atom. The maximum absolute atomic E-state index is 13.3. The first kappa shape index (κ1) is 18.5. The van der Waals surface area contributed by atoms with Gasteiger partial charge in [-0.2, -0.15) is 0 Å². The van der Waals surface area contributed by atoms with E-state index in [1.165, 1.54) is 11.1 Å². The number of anilines is 1. The Labute approximate surface area is 165 Å². The van der Waals surface area contributed by atoms with Crippen LogP contribution >= 0.6 is 0 Å². The summed E-state index contributed by atoms with van der Waals surface area (Å²) in [5.74, 6) is -0.122. The largest absolute Gasteiger partial charge is 0.399 e. The maximum Gasteiger partial charge on any atom is 0.226 e. The van der Waals surface area contributed by atoms with Gasteiger partial charge in [0, 0.05) is 19.2 Å². The lowest BCUT2D eigenvalue weighted by Gasteiger charge is -2.39. The van der Waals surface area contributed by atoms with Gasteiger partial charge in [-0.3, -0.25) is 9.59 Å². The molecule has 4 rings (SSSR count). The van der Waals surface area contributed by atoms with Crippen LogP contribution in [0.3, 0.4) is 0 Å². The van der Waals surface area contributed by atoms with E-state index in [9.17, 15) is 9.59 Å². The first-order valence-corrected chi connectivity index (χ1v) is 10.0. The van der Waals surface area contributed by atoms with Crippen molar-refractivity contribution in [2.45, 2.75) is 44.2 Å². The van der Waals surface area contributed by atoms with E-state index in [2.05, 4.69) is 5.32 Å². The number of fused-ring (bicyclic) bond motifs is 1. The number of piperidine rings is 1. The number of rotatable bonds is 3. The standard InChI is InChI=1S/C23H27N3O2/c1-26-21(27)13-12-19(22(26)15-6-3-2-4-7-15)23(28)25-20-9-5-8-16-14-17(24)10-11-18(16)20/h2-4,6-7,10-11,14,19-20,22H,5,8-9,12-13,24H2,1H3,(H,25,28). The minimum atomic E-state index is -0.246. The van der Waals surface area contributed by atoms with Gasteiger partial charge in [0.2, 0.25) is 11.8 Å². The third-order valence-electron chi connectivity index (χ3n) is 6.14. The molecule has 1 fully saturated rings. The average Bonchev–Trinajstić information content (AvgIpc) is 2.70. The maximum atomic E-state index is 13.3. The fourth-order valence-corrected chi connectivity index (χ4v) is 4.68. The van der Waals surface area contributed by atoms with Gasteiger partial charge < -0.3 is 16.0 Å². The zero-order valence-corrected chi connectivity index (χ0v) is 16.2. The lowest BCUT2D eigenvalue weighted by molar-refractivity contribution is -0.142. The molecular formula is C23H27N3O2. The van der Waals surface area contributed by atoms with E-state index in [4.69, 9.17) is 5.73 Å². The number of amides is 2. The third kappa shape index (κ3) is 3.49. The molecule has 5 nitrogen and oxygen atoms in total. The lowest BCUT2D eigenvalue weighted by atomic mass is 9.82. The zero-order valence-electron chi connectivity index (χ0n) is 16.2. The fourth-order valence-electron chi connectivity index (χ4n) is 4.68. The minimum absolute atomic E-state index is 0.0104. The molecule has 2 aromatic carbocycles. The molecule has 1 aliphatic carbocycles. The molecule has 0 aromatic heterocycles. The summed E-state index contributed by atoms with van der Waals surface area (Å²) in [6.07, 6.45) is 3.96. The molecule has 0 radical (unpaired) electrons. The highest BCUT2D eigenvalue weighted by Gasteiger charge is 2.39. The lowest BCUT2D eigenvalue weighted by Crippen LogP contribution is -2.47. The van der Waals surface area contributed by atoms with Crippen molar-refractivity contribution in [3.63, 3.8) is 0 Å². The molecule has 3 unspecified atom stereocenters. The van der Waals surface area contributed by atoms with Crippen molar-refractivity contribution in [2.75, 3.05) is 12.8 Å². The summed E-state index contributed by atoms with van der Waals surface area (Å²) in [7, 11) is 1.80. The molecule has 146 valence electrons. The summed E-state index contributed by atoms with van der Waals surface area (Å²) in [5, 5.41) is 3.28. The summed E-state index contributed by atoms with van der Waals surface area (Å²) in [6.45, 7) is 0. The van der Waals surface area contributed by atoms with E-state index in [0.717, 1.165) is 30.5 Å². The molecular weight excluding hydrogens is 350 g/mol. The van der Waals surface area contributed by atoms with Gasteiger partial charge in [0.05, 0.1) is 18.0 Å². The molecule has 0 spiro atoms. The highest BCUT2D eigenvalue weighted by atomic mass is 16.2. The molecule has 28 heavy (non-hydrogen) atoms. The predicted molar refractivity (Wildman–Crippen MR) is 109 cm³/mol. The van der Waals surface area contributed by atoms with Crippen LogP contribution in [0.25, 0.3) is 0 Å². The Morgan fingerprint density at radius 3 is 2.68 bits per heavy atom. The van der Waals surface area contributed by atoms with Crippen LogP contribution in [-0.4, -0.2) is 23.8 Å². The van der Waals surface area contributed by atoms with Crippen molar-refractivity contribution < 1.29 is 9.59 Å². The number of aryl methyl sites for hydroxylation is 1. The molecule has 1 saturated heterocycles. The van der Waals surface area contributed by atoms with Gasteiger partial charge in [0.1, 0.15) is 0 Å². The third-order valence-corrected chi connectivity index (χ3v) is 6.14. The predicted octanol–water partition coefficient (Wildman–Crippen LogP) is 3.37. The molecule has 2 aliphatic rings. The molecule has 1 aliphatic heterocycles. The van der Waals surface area contributed by atoms with E-state index >= 15 is 0 Å². The van der Waals surface area contributed by atoms with Crippen molar-refractivity contribution in [1.82, 2.24) is 10.2 Å². The highest BCUT2D eigenvalue weighted by Crippen LogP contribution is 2.37. The van der Waals surface area contributed by atoms with Gasteiger partial charge in [-0.1, -0.05) is 36.4 Å². The number of nitrogens with two attached hydrogens (primary N) is 1. The van der Waals surface area contributed by atoms with E-state index in [-0.39, 0.29) is 29.8 Å². The number of nitrogen functional groups attached to an aromatic ring is 1. The SMILES string of the molecule is CN1C(=O)CCC(C(=O)NC2CCCc3cc(N)ccc32)C1c1ccccc1. The Hall–Kier alpha value is -2.82. The Kier molecular flexibility index (Phi) is 5.07. The molecule has 0 saturated carbocycles. The number of carbonyl (C=O) groups is 2. The van der Waals surface area contributed by atoms with Gasteiger partial charge in [0.25, 0.3) is 0 Å². The zero-order chi connectivity index (χ0) is 19.7. The number of hydrogen-bond acceptors (Lipinski definition) is 3. The first-order chi connectivity index (χ1) is 13.5. The number of hydrogen-bond donors (Lipinski definition) is 2. The Morgan fingerprint density at radius 1 is 1.11 bits per heavy atom. The van der Waals surface area contributed by atoms with E-state index in [0.29, 0.717) is 12.8 Å². The number of nitrogens with one attached hydrogen (secondary N) is 1. The van der Waals surface area contributed by atoms with E-state index < -0.39 is 0 Å². The summed E-state index contributed by atoms with van der Waals surface area (Å²) < 4.78 is 0. The molecule has 3 N–H and O–H groups in total. The van der Waals surface area contributed by atoms with Crippen molar-refractivity contribution in [2.24, 2.45) is 5.92 Å². The second-order valence-electron chi connectivity index (χ2n) is 7.92. The molecule has 3 atom stereocenters. The van der Waals surface area contributed by atoms with Gasteiger partial charge in [0.15, 0.2) is 0 Å². The Bertz CT molecular complexity index is 881. The number of likely N-dealkylation sites (tertiary alicyclic amines) is 1. The van der Waals surface area contributed by atoms with Crippen molar-refractivity contribution in [3.05, 3.63) is 65.2 Å². The minimum Gasteiger partial charge on any atom is -0.399 e. The summed E-state index contributed by atoms with van der Waals surface area (Å²) in [6, 6.07) is 15.6. The van der Waals surface area contributed by atoms with Crippen LogP contribution in [0.4, 0.5) is 5.69 Å². The monoisotopic (exact) mass is 377 g/mol. The van der Waals surface area contributed by atoms with Crippen molar-refractivity contribution in [1.29, 1.82) is 0 Å². The summed E-state index contributed by atoms with van der Waals surface area (Å²) in [4.78, 5) is 27.4. The molecule has 5 heteroatoms. The van der Waals surface area contributed by atoms with Crippen LogP contribution < -0.4 is 11.1 Å². The molecule has 0 bridgehead atoms. The van der Waals surface area contributed by atoms with Crippen LogP contribution in [-0.2, 0) is 16.0 Å². The van der Waals surface area contributed by atoms with E-state index in [1.54, 1.807) is 11.9 Å². The van der Waals surface area contributed by atoms with Gasteiger partial charge in [-0.05, 0) is 54.5 Å². The van der Waals surface area contributed by atoms with Gasteiger partial charge >= 0.3 is 0 Å². The molecule has 1 heterocycles. The van der Waals surface area contributed by atoms with Crippen molar-refractivity contribution >= 4 is 17.5 Å². The van der Waals surface area contributed by atoms with Crippen LogP contribution in [0.5, 0.6) is 0 Å².